The number of ether oxygens (including phenoxy) is 1. The molecule has 3 nitrogen and oxygen atoms in total. The molecule has 1 N–H and O–H groups in total. The molecule has 1 atom stereocenters. The van der Waals surface area contributed by atoms with Crippen molar-refractivity contribution in [3.05, 3.63) is 6.54 Å². The van der Waals surface area contributed by atoms with Gasteiger partial charge in [0.2, 0.25) is 0 Å². The van der Waals surface area contributed by atoms with Crippen molar-refractivity contribution < 1.29 is 4.74 Å². The minimum atomic E-state index is -0.250. The monoisotopic (exact) mass is 111 g/mol. The molecule has 0 amide bonds. The van der Waals surface area contributed by atoms with Gasteiger partial charge in [0.15, 0.2) is 6.10 Å². The van der Waals surface area contributed by atoms with E-state index in [-0.39, 0.29) is 6.10 Å². The highest BCUT2D eigenvalue weighted by Gasteiger charge is 2.10. The zero-order chi connectivity index (χ0) is 5.82. The number of hydrogen-bond acceptors (Lipinski definition) is 3. The molecule has 1 aliphatic rings. The molecule has 0 aromatic heterocycles. The molecule has 3 heteroatoms. The maximum Gasteiger partial charge on any atom is 0.156 e. The Labute approximate surface area is 48.2 Å². The SMILES string of the molecule is N#CC1CN[CH]CO1. The second-order valence-electron chi connectivity index (χ2n) is 1.56. The van der Waals surface area contributed by atoms with Gasteiger partial charge in [0.1, 0.15) is 0 Å². The van der Waals surface area contributed by atoms with Gasteiger partial charge in [-0.2, -0.15) is 5.26 Å². The fraction of sp³-hybridized carbons (Fsp3) is 0.600. The van der Waals surface area contributed by atoms with Gasteiger partial charge in [-0.15, -0.1) is 0 Å². The van der Waals surface area contributed by atoms with Crippen molar-refractivity contribution in [2.24, 2.45) is 0 Å². The minimum Gasteiger partial charge on any atom is -0.360 e. The molecule has 0 bridgehead atoms. The lowest BCUT2D eigenvalue weighted by atomic mass is 10.3. The minimum absolute atomic E-state index is 0.250. The zero-order valence-corrected chi connectivity index (χ0v) is 4.42. The Morgan fingerprint density at radius 1 is 1.88 bits per heavy atom. The first-order chi connectivity index (χ1) is 3.93. The summed E-state index contributed by atoms with van der Waals surface area (Å²) in [6.45, 7) is 2.96. The second kappa shape index (κ2) is 2.65. The van der Waals surface area contributed by atoms with Crippen LogP contribution in [0.25, 0.3) is 0 Å². The van der Waals surface area contributed by atoms with Gasteiger partial charge in [-0.3, -0.25) is 0 Å². The van der Waals surface area contributed by atoms with E-state index in [0.29, 0.717) is 13.2 Å². The normalized spacial score (nSPS) is 29.1. The van der Waals surface area contributed by atoms with Crippen molar-refractivity contribution in [3.63, 3.8) is 0 Å². The molecular weight excluding hydrogens is 104 g/mol. The van der Waals surface area contributed by atoms with E-state index in [4.69, 9.17) is 10.00 Å². The molecule has 43 valence electrons. The molecule has 0 aromatic carbocycles. The number of nitrogens with zero attached hydrogens (tertiary/aromatic N) is 1. The second-order valence-corrected chi connectivity index (χ2v) is 1.56. The average Bonchev–Trinajstić information content (AvgIpc) is 1.90. The van der Waals surface area contributed by atoms with Crippen molar-refractivity contribution in [3.8, 4) is 6.07 Å². The Balaban J connectivity index is 2.25. The maximum absolute atomic E-state index is 8.26. The molecule has 1 heterocycles. The summed E-state index contributed by atoms with van der Waals surface area (Å²) in [5.41, 5.74) is 0. The Morgan fingerprint density at radius 3 is 3.12 bits per heavy atom. The van der Waals surface area contributed by atoms with Crippen molar-refractivity contribution in [2.45, 2.75) is 6.10 Å². The Morgan fingerprint density at radius 2 is 2.75 bits per heavy atom. The van der Waals surface area contributed by atoms with E-state index in [2.05, 4.69) is 5.32 Å². The highest BCUT2D eigenvalue weighted by molar-refractivity contribution is 4.89. The standard InChI is InChI=1S/C5H7N2O/c6-3-5-4-7-1-2-8-5/h1,5,7H,2,4H2. The molecule has 1 fully saturated rings. The predicted octanol–water partition coefficient (Wildman–Crippen LogP) is -0.340. The lowest BCUT2D eigenvalue weighted by Crippen LogP contribution is -2.33. The predicted molar refractivity (Wildman–Crippen MR) is 27.7 cm³/mol. The van der Waals surface area contributed by atoms with Crippen molar-refractivity contribution in [1.29, 1.82) is 5.26 Å². The third-order valence-corrected chi connectivity index (χ3v) is 0.972. The van der Waals surface area contributed by atoms with Gasteiger partial charge < -0.3 is 10.1 Å². The lowest BCUT2D eigenvalue weighted by Gasteiger charge is -2.16. The van der Waals surface area contributed by atoms with Crippen LogP contribution in [0.1, 0.15) is 0 Å². The first-order valence-corrected chi connectivity index (χ1v) is 2.50. The van der Waals surface area contributed by atoms with Crippen LogP contribution in [0.2, 0.25) is 0 Å². The first kappa shape index (κ1) is 5.54. The fourth-order valence-corrected chi connectivity index (χ4v) is 0.555. The molecule has 1 aliphatic heterocycles. The number of hydrogen-bond donors (Lipinski definition) is 1. The number of nitriles is 1. The van der Waals surface area contributed by atoms with Crippen molar-refractivity contribution in [2.75, 3.05) is 13.2 Å². The highest BCUT2D eigenvalue weighted by Crippen LogP contribution is 1.94. The van der Waals surface area contributed by atoms with Crippen LogP contribution in [0.15, 0.2) is 0 Å². The average molecular weight is 111 g/mol. The van der Waals surface area contributed by atoms with Crippen LogP contribution < -0.4 is 5.32 Å². The molecule has 0 aliphatic carbocycles. The van der Waals surface area contributed by atoms with Gasteiger partial charge >= 0.3 is 0 Å². The van der Waals surface area contributed by atoms with Crippen molar-refractivity contribution in [1.82, 2.24) is 5.32 Å². The van der Waals surface area contributed by atoms with Crippen LogP contribution >= 0.6 is 0 Å². The van der Waals surface area contributed by atoms with Gasteiger partial charge in [-0.05, 0) is 0 Å². The van der Waals surface area contributed by atoms with Crippen LogP contribution in [-0.4, -0.2) is 19.3 Å². The van der Waals surface area contributed by atoms with Crippen molar-refractivity contribution >= 4 is 0 Å². The van der Waals surface area contributed by atoms with Gasteiger partial charge in [0.25, 0.3) is 0 Å². The van der Waals surface area contributed by atoms with E-state index in [1.54, 1.807) is 6.54 Å². The molecule has 0 saturated carbocycles. The Bertz CT molecular complexity index is 101. The van der Waals surface area contributed by atoms with Gasteiger partial charge in [0.05, 0.1) is 12.7 Å². The quantitative estimate of drug-likeness (QED) is 0.465. The van der Waals surface area contributed by atoms with Gasteiger partial charge in [-0.1, -0.05) is 0 Å². The summed E-state index contributed by atoms with van der Waals surface area (Å²) in [6.07, 6.45) is -0.250. The third-order valence-electron chi connectivity index (χ3n) is 0.972. The molecule has 8 heavy (non-hydrogen) atoms. The van der Waals surface area contributed by atoms with E-state index >= 15 is 0 Å². The topological polar surface area (TPSA) is 45.0 Å². The smallest absolute Gasteiger partial charge is 0.156 e. The molecule has 0 spiro atoms. The van der Waals surface area contributed by atoms with Crippen LogP contribution in [0.4, 0.5) is 0 Å². The third kappa shape index (κ3) is 1.19. The summed E-state index contributed by atoms with van der Waals surface area (Å²) >= 11 is 0. The van der Waals surface area contributed by atoms with Crippen LogP contribution in [-0.2, 0) is 4.74 Å². The van der Waals surface area contributed by atoms with Crippen LogP contribution in [0, 0.1) is 17.9 Å². The van der Waals surface area contributed by atoms with E-state index in [9.17, 15) is 0 Å². The van der Waals surface area contributed by atoms with E-state index < -0.39 is 0 Å². The lowest BCUT2D eigenvalue weighted by molar-refractivity contribution is 0.0811. The summed E-state index contributed by atoms with van der Waals surface area (Å²) in [6, 6.07) is 2.00. The number of rotatable bonds is 0. The largest absolute Gasteiger partial charge is 0.360 e. The fourth-order valence-electron chi connectivity index (χ4n) is 0.555. The van der Waals surface area contributed by atoms with Gasteiger partial charge in [-0.25, -0.2) is 0 Å². The summed E-state index contributed by atoms with van der Waals surface area (Å²) in [4.78, 5) is 0. The first-order valence-electron chi connectivity index (χ1n) is 2.50. The van der Waals surface area contributed by atoms with Crippen LogP contribution in [0.3, 0.4) is 0 Å². The maximum atomic E-state index is 8.26. The molecule has 1 unspecified atom stereocenters. The Kier molecular flexibility index (Phi) is 1.84. The van der Waals surface area contributed by atoms with E-state index in [1.165, 1.54) is 0 Å². The highest BCUT2D eigenvalue weighted by atomic mass is 16.5. The Hall–Kier alpha value is -0.590. The molecule has 1 saturated heterocycles. The number of nitrogens with one attached hydrogen (secondary N) is 1. The molecule has 0 aromatic rings. The summed E-state index contributed by atoms with van der Waals surface area (Å²) in [5.74, 6) is 0. The summed E-state index contributed by atoms with van der Waals surface area (Å²) < 4.78 is 4.95. The number of morpholine rings is 1. The summed E-state index contributed by atoms with van der Waals surface area (Å²) in [5, 5.41) is 11.2. The van der Waals surface area contributed by atoms with Gasteiger partial charge in [0, 0.05) is 13.1 Å². The molecular formula is C5H7N2O. The molecule has 1 rings (SSSR count). The summed E-state index contributed by atoms with van der Waals surface area (Å²) in [7, 11) is 0. The van der Waals surface area contributed by atoms with E-state index in [1.807, 2.05) is 6.07 Å². The van der Waals surface area contributed by atoms with Crippen LogP contribution in [0.5, 0.6) is 0 Å². The van der Waals surface area contributed by atoms with E-state index in [0.717, 1.165) is 0 Å². The zero-order valence-electron chi connectivity index (χ0n) is 4.42. The molecule has 1 radical (unpaired) electrons.